The summed E-state index contributed by atoms with van der Waals surface area (Å²) in [4.78, 5) is 11.8. The molecule has 1 amide bonds. The predicted octanol–water partition coefficient (Wildman–Crippen LogP) is 5.03. The third kappa shape index (κ3) is 5.14. The number of alkyl halides is 3. The summed E-state index contributed by atoms with van der Waals surface area (Å²) >= 11 is 23.4. The van der Waals surface area contributed by atoms with Crippen molar-refractivity contribution in [1.82, 2.24) is 19.7 Å². The van der Waals surface area contributed by atoms with Gasteiger partial charge >= 0.3 is 6.18 Å². The summed E-state index contributed by atoms with van der Waals surface area (Å²) in [6.07, 6.45) is -5.18. The summed E-state index contributed by atoms with van der Waals surface area (Å²) in [7, 11) is -3.45. The van der Waals surface area contributed by atoms with E-state index >= 15 is 0 Å². The fourth-order valence-electron chi connectivity index (χ4n) is 2.58. The van der Waals surface area contributed by atoms with Gasteiger partial charge in [0.1, 0.15) is 10.6 Å². The molecule has 0 spiro atoms. The number of nitrogens with one attached hydrogen (secondary N) is 1. The first-order valence-electron chi connectivity index (χ1n) is 8.34. The lowest BCUT2D eigenvalue weighted by atomic mass is 10.2. The number of ether oxygens (including phenoxy) is 1. The Hall–Kier alpha value is -2.25. The number of halogens is 7. The molecule has 16 heteroatoms. The van der Waals surface area contributed by atoms with E-state index in [9.17, 15) is 26.4 Å². The van der Waals surface area contributed by atoms with Crippen LogP contribution in [-0.4, -0.2) is 36.4 Å². The number of rotatable bonds is 5. The van der Waals surface area contributed by atoms with E-state index in [-0.39, 0.29) is 31.2 Å². The average Bonchev–Trinajstić information content (AvgIpc) is 3.15. The molecule has 3 rings (SSSR count). The van der Waals surface area contributed by atoms with Crippen molar-refractivity contribution in [2.24, 2.45) is 0 Å². The highest BCUT2D eigenvalue weighted by Gasteiger charge is 2.43. The van der Waals surface area contributed by atoms with Crippen LogP contribution in [0.5, 0.6) is 5.75 Å². The Kier molecular flexibility index (Phi) is 7.06. The number of benzene rings is 2. The van der Waals surface area contributed by atoms with Crippen molar-refractivity contribution in [2.45, 2.75) is 11.1 Å². The lowest BCUT2D eigenvalue weighted by Crippen LogP contribution is -2.33. The van der Waals surface area contributed by atoms with Gasteiger partial charge in [-0.05, 0) is 24.3 Å². The van der Waals surface area contributed by atoms with Crippen LogP contribution in [0.2, 0.25) is 20.1 Å². The first-order valence-corrected chi connectivity index (χ1v) is 11.3. The van der Waals surface area contributed by atoms with Crippen LogP contribution < -0.4 is 9.46 Å². The Bertz CT molecular complexity index is 1360. The van der Waals surface area contributed by atoms with Crippen molar-refractivity contribution in [2.75, 3.05) is 7.11 Å². The van der Waals surface area contributed by atoms with Crippen LogP contribution in [0.15, 0.2) is 35.2 Å². The van der Waals surface area contributed by atoms with Crippen LogP contribution in [0.25, 0.3) is 5.69 Å². The number of carbonyl (C=O) groups excluding carboxylic acids is 1. The van der Waals surface area contributed by atoms with Gasteiger partial charge in [-0.25, -0.2) is 17.8 Å². The minimum Gasteiger partial charge on any atom is -0.497 e. The molecule has 1 aromatic heterocycles. The fourth-order valence-corrected chi connectivity index (χ4v) is 4.79. The first-order chi connectivity index (χ1) is 15.3. The normalized spacial score (nSPS) is 12.0. The summed E-state index contributed by atoms with van der Waals surface area (Å²) in [5, 5.41) is 5.64. The van der Waals surface area contributed by atoms with Crippen molar-refractivity contribution in [3.63, 3.8) is 0 Å². The molecule has 2 aromatic carbocycles. The molecule has 0 fully saturated rings. The average molecular weight is 564 g/mol. The van der Waals surface area contributed by atoms with Crippen LogP contribution in [0.4, 0.5) is 13.2 Å². The van der Waals surface area contributed by atoms with E-state index in [0.717, 1.165) is 18.2 Å². The third-order valence-corrected chi connectivity index (χ3v) is 6.85. The molecule has 0 aliphatic heterocycles. The highest BCUT2D eigenvalue weighted by molar-refractivity contribution is 7.90. The summed E-state index contributed by atoms with van der Waals surface area (Å²) in [5.41, 5.74) is -3.27. The maximum absolute atomic E-state index is 13.8. The quantitative estimate of drug-likeness (QED) is 0.437. The summed E-state index contributed by atoms with van der Waals surface area (Å²) < 4.78 is 73.3. The van der Waals surface area contributed by atoms with E-state index in [1.54, 1.807) is 0 Å². The standard InChI is InChI=1S/C17H9Cl4F3N4O4S/c1-32-7-2-3-12(10(20)4-7)28-15(17(22,23)24)14(25-27-28)16(29)26-33(30,31)13-6-9(19)8(18)5-11(13)21/h2-6H,1H3,(H,26,29). The minimum atomic E-state index is -5.18. The molecule has 0 radical (unpaired) electrons. The largest absolute Gasteiger partial charge is 0.497 e. The van der Waals surface area contributed by atoms with Crippen LogP contribution in [0.1, 0.15) is 16.2 Å². The van der Waals surface area contributed by atoms with E-state index in [0.29, 0.717) is 0 Å². The van der Waals surface area contributed by atoms with E-state index in [1.165, 1.54) is 24.0 Å². The molecule has 0 saturated carbocycles. The van der Waals surface area contributed by atoms with Crippen molar-refractivity contribution in [1.29, 1.82) is 0 Å². The minimum absolute atomic E-state index is 0.0781. The lowest BCUT2D eigenvalue weighted by molar-refractivity contribution is -0.143. The zero-order chi connectivity index (χ0) is 24.7. The Morgan fingerprint density at radius 1 is 1.03 bits per heavy atom. The first kappa shape index (κ1) is 25.4. The van der Waals surface area contributed by atoms with Gasteiger partial charge in [-0.3, -0.25) is 4.79 Å². The van der Waals surface area contributed by atoms with E-state index < -0.39 is 43.4 Å². The number of nitrogens with zero attached hydrogens (tertiary/aromatic N) is 3. The zero-order valence-electron chi connectivity index (χ0n) is 15.9. The fraction of sp³-hybridized carbons (Fsp3) is 0.118. The van der Waals surface area contributed by atoms with Crippen molar-refractivity contribution in [3.8, 4) is 11.4 Å². The zero-order valence-corrected chi connectivity index (χ0v) is 19.8. The topological polar surface area (TPSA) is 103 Å². The van der Waals surface area contributed by atoms with E-state index in [2.05, 4.69) is 10.3 Å². The molecular weight excluding hydrogens is 555 g/mol. The molecule has 33 heavy (non-hydrogen) atoms. The number of carbonyl (C=O) groups is 1. The van der Waals surface area contributed by atoms with Crippen molar-refractivity contribution >= 4 is 62.3 Å². The van der Waals surface area contributed by atoms with Gasteiger partial charge in [0.15, 0.2) is 11.4 Å². The number of sulfonamides is 1. The Morgan fingerprint density at radius 2 is 1.67 bits per heavy atom. The summed E-state index contributed by atoms with van der Waals surface area (Å²) in [5.74, 6) is -1.47. The van der Waals surface area contributed by atoms with Gasteiger partial charge in [-0.1, -0.05) is 51.6 Å². The molecule has 0 aliphatic rings. The maximum atomic E-state index is 13.8. The molecular formula is C17H9Cl4F3N4O4S. The Balaban J connectivity index is 2.07. The molecule has 0 atom stereocenters. The highest BCUT2D eigenvalue weighted by Crippen LogP contribution is 2.36. The second-order valence-corrected chi connectivity index (χ2v) is 9.42. The van der Waals surface area contributed by atoms with Crippen molar-refractivity contribution < 1.29 is 31.1 Å². The molecule has 1 heterocycles. The predicted molar refractivity (Wildman–Crippen MR) is 114 cm³/mol. The second-order valence-electron chi connectivity index (χ2n) is 6.14. The van der Waals surface area contributed by atoms with Gasteiger partial charge in [-0.2, -0.15) is 13.2 Å². The van der Waals surface area contributed by atoms with Gasteiger partial charge in [0.25, 0.3) is 15.9 Å². The monoisotopic (exact) mass is 562 g/mol. The maximum Gasteiger partial charge on any atom is 0.435 e. The van der Waals surface area contributed by atoms with E-state index in [1.807, 2.05) is 0 Å². The van der Waals surface area contributed by atoms with Crippen LogP contribution >= 0.6 is 46.4 Å². The van der Waals surface area contributed by atoms with Crippen molar-refractivity contribution in [3.05, 3.63) is 61.8 Å². The summed E-state index contributed by atoms with van der Waals surface area (Å²) in [6.45, 7) is 0. The molecule has 0 aliphatic carbocycles. The van der Waals surface area contributed by atoms with Crippen LogP contribution in [0.3, 0.4) is 0 Å². The molecule has 0 unspecified atom stereocenters. The number of aromatic nitrogens is 3. The SMILES string of the molecule is COc1ccc(-n2nnc(C(=O)NS(=O)(=O)c3cc(Cl)c(Cl)cc3Cl)c2C(F)(F)F)c(Cl)c1. The summed E-state index contributed by atoms with van der Waals surface area (Å²) in [6, 6.07) is 5.50. The Labute approximate surface area is 204 Å². The number of amides is 1. The number of methoxy groups -OCH3 is 1. The van der Waals surface area contributed by atoms with E-state index in [4.69, 9.17) is 51.1 Å². The Morgan fingerprint density at radius 3 is 2.24 bits per heavy atom. The second kappa shape index (κ2) is 9.18. The van der Waals surface area contributed by atoms with Gasteiger partial charge in [0, 0.05) is 6.07 Å². The van der Waals surface area contributed by atoms with Crippen LogP contribution in [0, 0.1) is 0 Å². The van der Waals surface area contributed by atoms with Crippen LogP contribution in [-0.2, 0) is 16.2 Å². The smallest absolute Gasteiger partial charge is 0.435 e. The number of hydrogen-bond donors (Lipinski definition) is 1. The molecule has 8 nitrogen and oxygen atoms in total. The lowest BCUT2D eigenvalue weighted by Gasteiger charge is -2.13. The molecule has 1 N–H and O–H groups in total. The third-order valence-electron chi connectivity index (χ3n) is 4.03. The molecule has 0 saturated heterocycles. The van der Waals surface area contributed by atoms with Gasteiger partial charge < -0.3 is 4.74 Å². The highest BCUT2D eigenvalue weighted by atomic mass is 35.5. The van der Waals surface area contributed by atoms with Gasteiger partial charge in [0.05, 0.1) is 32.9 Å². The van der Waals surface area contributed by atoms with Gasteiger partial charge in [0.2, 0.25) is 0 Å². The molecule has 176 valence electrons. The molecule has 0 bridgehead atoms. The molecule has 3 aromatic rings. The van der Waals surface area contributed by atoms with Gasteiger partial charge in [-0.15, -0.1) is 5.10 Å². The number of hydrogen-bond acceptors (Lipinski definition) is 6.